The highest BCUT2D eigenvalue weighted by molar-refractivity contribution is 4.79. The van der Waals surface area contributed by atoms with E-state index in [1.807, 2.05) is 0 Å². The van der Waals surface area contributed by atoms with Crippen LogP contribution in [0.5, 0.6) is 0 Å². The summed E-state index contributed by atoms with van der Waals surface area (Å²) in [4.78, 5) is 0. The molecule has 0 spiro atoms. The Morgan fingerprint density at radius 2 is 1.50 bits per heavy atom. The zero-order valence-electron chi connectivity index (χ0n) is 10.7. The van der Waals surface area contributed by atoms with Gasteiger partial charge >= 0.3 is 0 Å². The lowest BCUT2D eigenvalue weighted by Gasteiger charge is -2.35. The fourth-order valence-electron chi connectivity index (χ4n) is 3.49. The van der Waals surface area contributed by atoms with E-state index in [4.69, 9.17) is 1.37 Å². The molecule has 2 rings (SSSR count). The highest BCUT2D eigenvalue weighted by Crippen LogP contribution is 2.40. The summed E-state index contributed by atoms with van der Waals surface area (Å²) < 4.78 is 7.74. The minimum atomic E-state index is 0.272. The van der Waals surface area contributed by atoms with Gasteiger partial charge in [-0.2, -0.15) is 0 Å². The molecule has 0 nitrogen and oxygen atoms in total. The molecule has 0 N–H and O–H groups in total. The van der Waals surface area contributed by atoms with E-state index in [0.717, 1.165) is 17.8 Å². The van der Waals surface area contributed by atoms with Gasteiger partial charge in [-0.25, -0.2) is 0 Å². The average molecular weight is 195 g/mol. The van der Waals surface area contributed by atoms with E-state index in [0.29, 0.717) is 0 Å². The van der Waals surface area contributed by atoms with Crippen LogP contribution in [0.4, 0.5) is 0 Å². The maximum absolute atomic E-state index is 7.74. The van der Waals surface area contributed by atoms with Crippen molar-refractivity contribution >= 4 is 0 Å². The minimum absolute atomic E-state index is 0.272. The summed E-state index contributed by atoms with van der Waals surface area (Å²) in [7, 11) is 0. The number of rotatable bonds is 2. The van der Waals surface area contributed by atoms with Gasteiger partial charge in [0.1, 0.15) is 0 Å². The van der Waals surface area contributed by atoms with E-state index in [1.54, 1.807) is 0 Å². The van der Waals surface area contributed by atoms with Crippen molar-refractivity contribution in [2.75, 3.05) is 0 Å². The summed E-state index contributed by atoms with van der Waals surface area (Å²) in [6, 6.07) is 0. The zero-order chi connectivity index (χ0) is 10.7. The maximum atomic E-state index is 7.74. The first-order valence-electron chi connectivity index (χ1n) is 7.29. The summed E-state index contributed by atoms with van der Waals surface area (Å²) in [5, 5.41) is 0. The van der Waals surface area contributed by atoms with Crippen molar-refractivity contribution in [2.24, 2.45) is 17.8 Å². The monoisotopic (exact) mass is 195 g/mol. The third-order valence-electron chi connectivity index (χ3n) is 4.62. The molecule has 2 saturated carbocycles. The van der Waals surface area contributed by atoms with Crippen LogP contribution >= 0.6 is 0 Å². The molecule has 2 fully saturated rings. The first-order chi connectivity index (χ1) is 7.29. The standard InChI is InChI=1S/C14H26/c1-2-12-8-10-14(11-9-12)13-6-4-3-5-7-13/h12-14H,2-11H2,1H3/i3D. The molecule has 0 aromatic rings. The molecule has 82 valence electrons. The van der Waals surface area contributed by atoms with Gasteiger partial charge in [0.25, 0.3) is 0 Å². The van der Waals surface area contributed by atoms with Crippen molar-refractivity contribution in [3.8, 4) is 0 Å². The summed E-state index contributed by atoms with van der Waals surface area (Å²) in [6.07, 6.45) is 12.7. The van der Waals surface area contributed by atoms with Crippen LogP contribution in [-0.4, -0.2) is 0 Å². The van der Waals surface area contributed by atoms with Crippen LogP contribution in [0.3, 0.4) is 0 Å². The molecule has 0 amide bonds. The van der Waals surface area contributed by atoms with Crippen LogP contribution < -0.4 is 0 Å². The van der Waals surface area contributed by atoms with E-state index in [-0.39, 0.29) is 6.40 Å². The predicted molar refractivity (Wildman–Crippen MR) is 62.3 cm³/mol. The zero-order valence-corrected chi connectivity index (χ0v) is 9.67. The van der Waals surface area contributed by atoms with Crippen LogP contribution in [0.25, 0.3) is 0 Å². The van der Waals surface area contributed by atoms with E-state index < -0.39 is 0 Å². The lowest BCUT2D eigenvalue weighted by Crippen LogP contribution is -2.23. The Morgan fingerprint density at radius 1 is 0.929 bits per heavy atom. The topological polar surface area (TPSA) is 0 Å². The predicted octanol–water partition coefficient (Wildman–Crippen LogP) is 4.78. The molecule has 0 unspecified atom stereocenters. The molecule has 0 radical (unpaired) electrons. The van der Waals surface area contributed by atoms with Crippen molar-refractivity contribution in [3.63, 3.8) is 0 Å². The molecule has 0 heterocycles. The van der Waals surface area contributed by atoms with Crippen LogP contribution in [0.2, 0.25) is 0 Å². The fraction of sp³-hybridized carbons (Fsp3) is 1.00. The van der Waals surface area contributed by atoms with Gasteiger partial charge in [0, 0.05) is 1.37 Å². The third-order valence-corrected chi connectivity index (χ3v) is 4.62. The van der Waals surface area contributed by atoms with Gasteiger partial charge in [-0.05, 0) is 30.6 Å². The molecule has 0 aliphatic heterocycles. The molecule has 0 aromatic carbocycles. The fourth-order valence-corrected chi connectivity index (χ4v) is 3.49. The lowest BCUT2D eigenvalue weighted by atomic mass is 9.71. The highest BCUT2D eigenvalue weighted by atomic mass is 14.3. The van der Waals surface area contributed by atoms with Crippen molar-refractivity contribution < 1.29 is 1.37 Å². The average Bonchev–Trinajstić information content (AvgIpc) is 2.30. The Hall–Kier alpha value is 0. The van der Waals surface area contributed by atoms with E-state index in [9.17, 15) is 0 Å². The normalized spacial score (nSPS) is 45.9. The Kier molecular flexibility index (Phi) is 3.42. The first-order valence-corrected chi connectivity index (χ1v) is 6.71. The van der Waals surface area contributed by atoms with E-state index >= 15 is 0 Å². The largest absolute Gasteiger partial charge is 0.0651 e. The second kappa shape index (κ2) is 5.19. The first kappa shape index (κ1) is 9.24. The molecule has 0 bridgehead atoms. The van der Waals surface area contributed by atoms with Gasteiger partial charge in [-0.15, -0.1) is 0 Å². The summed E-state index contributed by atoms with van der Waals surface area (Å²) >= 11 is 0. The van der Waals surface area contributed by atoms with Gasteiger partial charge in [0.15, 0.2) is 0 Å². The van der Waals surface area contributed by atoms with Crippen LogP contribution in [-0.2, 0) is 0 Å². The minimum Gasteiger partial charge on any atom is -0.0651 e. The third kappa shape index (κ3) is 2.52. The van der Waals surface area contributed by atoms with Gasteiger partial charge in [0.05, 0.1) is 0 Å². The van der Waals surface area contributed by atoms with Gasteiger partial charge < -0.3 is 0 Å². The molecule has 2 aliphatic rings. The second-order valence-electron chi connectivity index (χ2n) is 5.39. The van der Waals surface area contributed by atoms with Crippen molar-refractivity contribution in [3.05, 3.63) is 0 Å². The molecule has 0 atom stereocenters. The molecule has 14 heavy (non-hydrogen) atoms. The van der Waals surface area contributed by atoms with Crippen LogP contribution in [0.1, 0.15) is 72.5 Å². The van der Waals surface area contributed by atoms with Gasteiger partial charge in [-0.1, -0.05) is 58.3 Å². The lowest BCUT2D eigenvalue weighted by molar-refractivity contribution is 0.165. The molecule has 2 aliphatic carbocycles. The Morgan fingerprint density at radius 3 is 2.07 bits per heavy atom. The summed E-state index contributed by atoms with van der Waals surface area (Å²) in [6.45, 7) is 2.34. The smallest absolute Gasteiger partial charge is 0.0267 e. The SMILES string of the molecule is [2H]C1CCC(C2CCC(CC)CC2)CC1. The molecular formula is C14H26. The number of hydrogen-bond acceptors (Lipinski definition) is 0. The van der Waals surface area contributed by atoms with Crippen LogP contribution in [0, 0.1) is 17.8 Å². The van der Waals surface area contributed by atoms with Gasteiger partial charge in [0.2, 0.25) is 0 Å². The molecule has 0 saturated heterocycles. The van der Waals surface area contributed by atoms with Crippen molar-refractivity contribution in [1.29, 1.82) is 0 Å². The molecular weight excluding hydrogens is 168 g/mol. The van der Waals surface area contributed by atoms with Crippen LogP contribution in [0.15, 0.2) is 0 Å². The summed E-state index contributed by atoms with van der Waals surface area (Å²) in [5.74, 6) is 3.05. The van der Waals surface area contributed by atoms with E-state index in [1.165, 1.54) is 57.8 Å². The Labute approximate surface area is 90.9 Å². The Bertz CT molecular complexity index is 174. The second-order valence-corrected chi connectivity index (χ2v) is 5.39. The van der Waals surface area contributed by atoms with Crippen molar-refractivity contribution in [2.45, 2.75) is 71.1 Å². The van der Waals surface area contributed by atoms with Gasteiger partial charge in [-0.3, -0.25) is 0 Å². The molecule has 0 heteroatoms. The molecule has 0 aromatic heterocycles. The Balaban J connectivity index is 1.75. The number of hydrogen-bond donors (Lipinski definition) is 0. The quantitative estimate of drug-likeness (QED) is 0.594. The summed E-state index contributed by atoms with van der Waals surface area (Å²) in [5.41, 5.74) is 0. The highest BCUT2D eigenvalue weighted by Gasteiger charge is 2.27. The maximum Gasteiger partial charge on any atom is 0.0267 e. The van der Waals surface area contributed by atoms with E-state index in [2.05, 4.69) is 6.92 Å². The van der Waals surface area contributed by atoms with Crippen molar-refractivity contribution in [1.82, 2.24) is 0 Å².